The summed E-state index contributed by atoms with van der Waals surface area (Å²) in [6, 6.07) is 12.2. The van der Waals surface area contributed by atoms with Gasteiger partial charge in [0, 0.05) is 5.56 Å². The molecule has 8 heteroatoms. The van der Waals surface area contributed by atoms with Crippen molar-refractivity contribution in [2.24, 2.45) is 5.10 Å². The van der Waals surface area contributed by atoms with Gasteiger partial charge in [-0.05, 0) is 6.07 Å². The van der Waals surface area contributed by atoms with Gasteiger partial charge in [-0.3, -0.25) is 10.1 Å². The van der Waals surface area contributed by atoms with E-state index >= 15 is 0 Å². The van der Waals surface area contributed by atoms with Gasteiger partial charge in [0.25, 0.3) is 0 Å². The molecule has 0 spiro atoms. The topological polar surface area (TPSA) is 99.3 Å². The molecule has 1 aromatic carbocycles. The molecule has 0 aliphatic carbocycles. The second-order valence-electron chi connectivity index (χ2n) is 4.04. The molecule has 3 aromatic rings. The summed E-state index contributed by atoms with van der Waals surface area (Å²) in [5, 5.41) is 22.5. The highest BCUT2D eigenvalue weighted by Gasteiger charge is 2.11. The zero-order valence-electron chi connectivity index (χ0n) is 10.7. The monoisotopic (exact) mass is 283 g/mol. The first-order valence-corrected chi connectivity index (χ1v) is 5.98. The Balaban J connectivity index is 1.87. The number of benzene rings is 1. The summed E-state index contributed by atoms with van der Waals surface area (Å²) < 4.78 is 6.45. The van der Waals surface area contributed by atoms with Crippen LogP contribution in [-0.2, 0) is 0 Å². The molecule has 0 aliphatic heterocycles. The summed E-state index contributed by atoms with van der Waals surface area (Å²) in [6.45, 7) is 0. The first kappa shape index (κ1) is 12.7. The minimum absolute atomic E-state index is 0.273. The predicted octanol–water partition coefficient (Wildman–Crippen LogP) is 2.33. The molecule has 0 saturated carbocycles. The molecular formula is C13H9N5O3. The second kappa shape index (κ2) is 5.37. The maximum Gasteiger partial charge on any atom is 0.433 e. The van der Waals surface area contributed by atoms with E-state index in [9.17, 15) is 10.1 Å². The van der Waals surface area contributed by atoms with Crippen molar-refractivity contribution in [2.75, 3.05) is 0 Å². The van der Waals surface area contributed by atoms with E-state index in [1.165, 1.54) is 29.4 Å². The summed E-state index contributed by atoms with van der Waals surface area (Å²) in [7, 11) is 0. The van der Waals surface area contributed by atoms with Crippen molar-refractivity contribution < 1.29 is 9.34 Å². The molecule has 8 nitrogen and oxygen atoms in total. The summed E-state index contributed by atoms with van der Waals surface area (Å²) in [6.07, 6.45) is 2.80. The van der Waals surface area contributed by atoms with E-state index in [4.69, 9.17) is 4.42 Å². The Bertz CT molecular complexity index is 791. The Morgan fingerprint density at radius 2 is 2.05 bits per heavy atom. The number of hydrogen-bond donors (Lipinski definition) is 0. The van der Waals surface area contributed by atoms with E-state index in [2.05, 4.69) is 15.3 Å². The number of hydrogen-bond acceptors (Lipinski definition) is 6. The summed E-state index contributed by atoms with van der Waals surface area (Å²) >= 11 is 0. The highest BCUT2D eigenvalue weighted by Crippen LogP contribution is 2.16. The number of aromatic nitrogens is 3. The Morgan fingerprint density at radius 3 is 2.76 bits per heavy atom. The van der Waals surface area contributed by atoms with Crippen molar-refractivity contribution in [3.63, 3.8) is 0 Å². The van der Waals surface area contributed by atoms with Crippen LogP contribution in [0.2, 0.25) is 0 Å². The molecule has 0 aliphatic rings. The molecule has 0 fully saturated rings. The van der Waals surface area contributed by atoms with Crippen LogP contribution >= 0.6 is 0 Å². The molecule has 0 bridgehead atoms. The Morgan fingerprint density at radius 1 is 1.24 bits per heavy atom. The molecule has 3 rings (SSSR count). The third kappa shape index (κ3) is 2.68. The van der Waals surface area contributed by atoms with Crippen molar-refractivity contribution in [1.29, 1.82) is 0 Å². The van der Waals surface area contributed by atoms with Gasteiger partial charge in [0.15, 0.2) is 11.6 Å². The average Bonchev–Trinajstić information content (AvgIpc) is 3.15. The molecular weight excluding hydrogens is 274 g/mol. The van der Waals surface area contributed by atoms with Crippen LogP contribution in [0.25, 0.3) is 11.4 Å². The Kier molecular flexibility index (Phi) is 3.26. The lowest BCUT2D eigenvalue weighted by Gasteiger charge is -1.99. The molecule has 0 N–H and O–H groups in total. The summed E-state index contributed by atoms with van der Waals surface area (Å²) in [4.78, 5) is 9.92. The smallest absolute Gasteiger partial charge is 0.400 e. The van der Waals surface area contributed by atoms with Crippen LogP contribution in [0, 0.1) is 10.1 Å². The van der Waals surface area contributed by atoms with Gasteiger partial charge in [-0.25, -0.2) is 0 Å². The molecule has 2 aromatic heterocycles. The van der Waals surface area contributed by atoms with Crippen molar-refractivity contribution in [3.05, 3.63) is 64.7 Å². The average molecular weight is 283 g/mol. The minimum Gasteiger partial charge on any atom is -0.400 e. The number of nitrogens with zero attached hydrogens (tertiary/aromatic N) is 5. The quantitative estimate of drug-likeness (QED) is 0.415. The standard InChI is InChI=1S/C13H9N5O3/c19-18(20)12-7-6-11(21-12)8-15-17-9-14-16-13(17)10-4-2-1-3-5-10/h1-9H/b15-8-. The molecule has 0 saturated heterocycles. The lowest BCUT2D eigenvalue weighted by atomic mass is 10.2. The van der Waals surface area contributed by atoms with Crippen LogP contribution in [-0.4, -0.2) is 26.0 Å². The van der Waals surface area contributed by atoms with Gasteiger partial charge in [-0.2, -0.15) is 9.78 Å². The minimum atomic E-state index is -0.606. The highest BCUT2D eigenvalue weighted by molar-refractivity contribution is 5.76. The maximum absolute atomic E-state index is 10.5. The molecule has 0 unspecified atom stereocenters. The fraction of sp³-hybridized carbons (Fsp3) is 0. The molecule has 2 heterocycles. The number of furan rings is 1. The van der Waals surface area contributed by atoms with Crippen LogP contribution in [0.4, 0.5) is 5.88 Å². The molecule has 0 amide bonds. The van der Waals surface area contributed by atoms with E-state index in [1.807, 2.05) is 30.3 Å². The van der Waals surface area contributed by atoms with Gasteiger partial charge in [0.1, 0.15) is 11.3 Å². The van der Waals surface area contributed by atoms with Crippen molar-refractivity contribution in [1.82, 2.24) is 14.9 Å². The molecule has 21 heavy (non-hydrogen) atoms. The van der Waals surface area contributed by atoms with Gasteiger partial charge < -0.3 is 4.42 Å². The lowest BCUT2D eigenvalue weighted by Crippen LogP contribution is -1.92. The SMILES string of the molecule is O=[N+]([O-])c1ccc(/C=N\n2cnnc2-c2ccccc2)o1. The van der Waals surface area contributed by atoms with Gasteiger partial charge in [0.05, 0.1) is 12.3 Å². The van der Waals surface area contributed by atoms with Crippen LogP contribution in [0.1, 0.15) is 5.76 Å². The van der Waals surface area contributed by atoms with Crippen molar-refractivity contribution in [3.8, 4) is 11.4 Å². The second-order valence-corrected chi connectivity index (χ2v) is 4.04. The molecule has 104 valence electrons. The van der Waals surface area contributed by atoms with Crippen LogP contribution in [0.3, 0.4) is 0 Å². The van der Waals surface area contributed by atoms with E-state index in [0.29, 0.717) is 5.82 Å². The van der Waals surface area contributed by atoms with Crippen molar-refractivity contribution in [2.45, 2.75) is 0 Å². The third-order valence-corrected chi connectivity index (χ3v) is 2.66. The number of nitro groups is 1. The maximum atomic E-state index is 10.5. The Labute approximate surface area is 118 Å². The fourth-order valence-corrected chi connectivity index (χ4v) is 1.72. The largest absolute Gasteiger partial charge is 0.433 e. The van der Waals surface area contributed by atoms with E-state index < -0.39 is 4.92 Å². The van der Waals surface area contributed by atoms with E-state index in [0.717, 1.165) is 5.56 Å². The van der Waals surface area contributed by atoms with Crippen LogP contribution in [0.15, 0.2) is 58.3 Å². The molecule has 0 atom stereocenters. The number of rotatable bonds is 4. The third-order valence-electron chi connectivity index (χ3n) is 2.66. The zero-order valence-corrected chi connectivity index (χ0v) is 10.7. The van der Waals surface area contributed by atoms with E-state index in [-0.39, 0.29) is 11.6 Å². The first-order valence-electron chi connectivity index (χ1n) is 5.98. The van der Waals surface area contributed by atoms with Crippen LogP contribution < -0.4 is 0 Å². The van der Waals surface area contributed by atoms with E-state index in [1.54, 1.807) is 0 Å². The van der Waals surface area contributed by atoms with Gasteiger partial charge in [-0.1, -0.05) is 30.3 Å². The van der Waals surface area contributed by atoms with Gasteiger partial charge >= 0.3 is 5.88 Å². The zero-order chi connectivity index (χ0) is 14.7. The fourth-order valence-electron chi connectivity index (χ4n) is 1.72. The normalized spacial score (nSPS) is 11.0. The van der Waals surface area contributed by atoms with Gasteiger partial charge in [0.2, 0.25) is 0 Å². The van der Waals surface area contributed by atoms with Crippen LogP contribution in [0.5, 0.6) is 0 Å². The van der Waals surface area contributed by atoms with Gasteiger partial charge in [-0.15, -0.1) is 10.2 Å². The summed E-state index contributed by atoms with van der Waals surface area (Å²) in [5.74, 6) is 0.505. The Hall–Kier alpha value is -3.29. The highest BCUT2D eigenvalue weighted by atomic mass is 16.6. The van der Waals surface area contributed by atoms with Crippen molar-refractivity contribution >= 4 is 12.1 Å². The molecule has 0 radical (unpaired) electrons. The first-order chi connectivity index (χ1) is 10.2. The predicted molar refractivity (Wildman–Crippen MR) is 73.8 cm³/mol. The summed E-state index contributed by atoms with van der Waals surface area (Å²) in [5.41, 5.74) is 0.859. The lowest BCUT2D eigenvalue weighted by molar-refractivity contribution is -0.402.